The van der Waals surface area contributed by atoms with Crippen LogP contribution >= 0.6 is 11.6 Å². The summed E-state index contributed by atoms with van der Waals surface area (Å²) >= 11 is 5.92. The highest BCUT2D eigenvalue weighted by atomic mass is 35.5. The van der Waals surface area contributed by atoms with E-state index in [-0.39, 0.29) is 18.1 Å². The van der Waals surface area contributed by atoms with E-state index in [1.807, 2.05) is 29.2 Å². The molecule has 0 aliphatic carbocycles. The number of fused-ring (bicyclic) bond motifs is 2. The SMILES string of the molecule is O=C(O)[C@@H]1[C@@H](C(=O)N2CCN(Cc3ccc(Cl)cc3)CC2)[C@@H]2CC[C@@H]1O2. The lowest BCUT2D eigenvalue weighted by atomic mass is 9.78. The summed E-state index contributed by atoms with van der Waals surface area (Å²) in [5.41, 5.74) is 1.20. The van der Waals surface area contributed by atoms with Gasteiger partial charge >= 0.3 is 5.97 Å². The zero-order chi connectivity index (χ0) is 18.3. The molecule has 1 N–H and O–H groups in total. The Morgan fingerprint density at radius 1 is 1.04 bits per heavy atom. The van der Waals surface area contributed by atoms with Crippen molar-refractivity contribution in [2.45, 2.75) is 31.6 Å². The lowest BCUT2D eigenvalue weighted by Crippen LogP contribution is -2.53. The molecule has 1 aromatic carbocycles. The molecule has 4 rings (SSSR count). The van der Waals surface area contributed by atoms with Gasteiger partial charge in [-0.15, -0.1) is 0 Å². The van der Waals surface area contributed by atoms with Crippen molar-refractivity contribution in [1.82, 2.24) is 9.80 Å². The second kappa shape index (κ2) is 7.18. The minimum Gasteiger partial charge on any atom is -0.481 e. The van der Waals surface area contributed by atoms with Crippen LogP contribution in [0.25, 0.3) is 0 Å². The summed E-state index contributed by atoms with van der Waals surface area (Å²) in [6, 6.07) is 7.81. The Balaban J connectivity index is 1.35. The van der Waals surface area contributed by atoms with Crippen LogP contribution in [0, 0.1) is 11.8 Å². The quantitative estimate of drug-likeness (QED) is 0.866. The molecule has 0 saturated carbocycles. The first-order chi connectivity index (χ1) is 12.5. The van der Waals surface area contributed by atoms with Crippen molar-refractivity contribution < 1.29 is 19.4 Å². The van der Waals surface area contributed by atoms with Gasteiger partial charge < -0.3 is 14.7 Å². The van der Waals surface area contributed by atoms with Crippen LogP contribution in [0.4, 0.5) is 0 Å². The largest absolute Gasteiger partial charge is 0.481 e. The van der Waals surface area contributed by atoms with Crippen LogP contribution < -0.4 is 0 Å². The molecule has 1 amide bonds. The second-order valence-electron chi connectivity index (χ2n) is 7.41. The van der Waals surface area contributed by atoms with Crippen molar-refractivity contribution in [1.29, 1.82) is 0 Å². The Morgan fingerprint density at radius 3 is 2.27 bits per heavy atom. The van der Waals surface area contributed by atoms with Crippen LogP contribution in [-0.2, 0) is 20.9 Å². The number of amides is 1. The number of carbonyl (C=O) groups excluding carboxylic acids is 1. The number of nitrogens with zero attached hydrogens (tertiary/aromatic N) is 2. The minimum atomic E-state index is -0.906. The van der Waals surface area contributed by atoms with E-state index in [9.17, 15) is 14.7 Å². The van der Waals surface area contributed by atoms with Crippen LogP contribution in [0.1, 0.15) is 18.4 Å². The molecule has 3 aliphatic rings. The van der Waals surface area contributed by atoms with Gasteiger partial charge in [0.2, 0.25) is 5.91 Å². The number of carboxylic acid groups (broad SMARTS) is 1. The Kier molecular flexibility index (Phi) is 4.90. The summed E-state index contributed by atoms with van der Waals surface area (Å²) in [6.45, 7) is 3.66. The molecule has 2 bridgehead atoms. The monoisotopic (exact) mass is 378 g/mol. The van der Waals surface area contributed by atoms with Gasteiger partial charge in [0, 0.05) is 37.7 Å². The highest BCUT2D eigenvalue weighted by molar-refractivity contribution is 6.30. The van der Waals surface area contributed by atoms with Gasteiger partial charge in [0.25, 0.3) is 0 Å². The predicted molar refractivity (Wildman–Crippen MR) is 95.8 cm³/mol. The van der Waals surface area contributed by atoms with Gasteiger partial charge in [-0.3, -0.25) is 14.5 Å². The van der Waals surface area contributed by atoms with Crippen molar-refractivity contribution in [3.63, 3.8) is 0 Å². The van der Waals surface area contributed by atoms with E-state index in [0.717, 1.165) is 37.5 Å². The van der Waals surface area contributed by atoms with E-state index in [0.29, 0.717) is 13.1 Å². The lowest BCUT2D eigenvalue weighted by Gasteiger charge is -2.37. The molecule has 0 unspecified atom stereocenters. The Labute approximate surface area is 157 Å². The number of ether oxygens (including phenoxy) is 1. The van der Waals surface area contributed by atoms with Crippen LogP contribution in [0.5, 0.6) is 0 Å². The number of carbonyl (C=O) groups is 2. The van der Waals surface area contributed by atoms with Crippen LogP contribution in [-0.4, -0.2) is 65.2 Å². The smallest absolute Gasteiger partial charge is 0.310 e. The maximum Gasteiger partial charge on any atom is 0.310 e. The Morgan fingerprint density at radius 2 is 1.65 bits per heavy atom. The van der Waals surface area contributed by atoms with Crippen molar-refractivity contribution in [2.75, 3.05) is 26.2 Å². The van der Waals surface area contributed by atoms with Gasteiger partial charge in [-0.1, -0.05) is 23.7 Å². The van der Waals surface area contributed by atoms with Crippen molar-refractivity contribution >= 4 is 23.5 Å². The molecule has 3 heterocycles. The highest BCUT2D eigenvalue weighted by Gasteiger charge is 2.56. The number of halogens is 1. The standard InChI is InChI=1S/C19H23ClN2O4/c20-13-3-1-12(2-4-13)11-21-7-9-22(10-8-21)18(23)16-14-5-6-15(26-14)17(16)19(24)25/h1-4,14-17H,5-11H2,(H,24,25)/t14-,15-,16-,17-/m0/s1. The zero-order valence-corrected chi connectivity index (χ0v) is 15.3. The van der Waals surface area contributed by atoms with Gasteiger partial charge in [0.15, 0.2) is 0 Å². The maximum absolute atomic E-state index is 13.0. The summed E-state index contributed by atoms with van der Waals surface area (Å²) in [5, 5.41) is 10.2. The van der Waals surface area contributed by atoms with E-state index < -0.39 is 17.8 Å². The lowest BCUT2D eigenvalue weighted by molar-refractivity contribution is -0.151. The average molecular weight is 379 g/mol. The highest BCUT2D eigenvalue weighted by Crippen LogP contribution is 2.44. The molecule has 3 aliphatic heterocycles. The molecule has 4 atom stereocenters. The Bertz CT molecular complexity index is 687. The molecule has 3 fully saturated rings. The van der Waals surface area contributed by atoms with Crippen molar-refractivity contribution in [3.05, 3.63) is 34.9 Å². The van der Waals surface area contributed by atoms with Crippen molar-refractivity contribution in [3.8, 4) is 0 Å². The molecule has 0 aromatic heterocycles. The molecule has 6 nitrogen and oxygen atoms in total. The number of piperazine rings is 1. The number of aliphatic carboxylic acids is 1. The van der Waals surface area contributed by atoms with E-state index in [2.05, 4.69) is 4.90 Å². The van der Waals surface area contributed by atoms with Crippen LogP contribution in [0.15, 0.2) is 24.3 Å². The second-order valence-corrected chi connectivity index (χ2v) is 7.84. The molecule has 1 aromatic rings. The van der Waals surface area contributed by atoms with Gasteiger partial charge in [-0.05, 0) is 30.5 Å². The molecular weight excluding hydrogens is 356 g/mol. The molecule has 3 saturated heterocycles. The average Bonchev–Trinajstić information content (AvgIpc) is 3.25. The third-order valence-corrected chi connectivity index (χ3v) is 6.10. The first kappa shape index (κ1) is 17.8. The summed E-state index contributed by atoms with van der Waals surface area (Å²) in [5.74, 6) is -2.16. The number of benzene rings is 1. The van der Waals surface area contributed by atoms with Gasteiger partial charge in [0.05, 0.1) is 24.0 Å². The molecule has 0 spiro atoms. The fraction of sp³-hybridized carbons (Fsp3) is 0.579. The maximum atomic E-state index is 13.0. The number of hydrogen-bond acceptors (Lipinski definition) is 4. The summed E-state index contributed by atoms with van der Waals surface area (Å²) in [7, 11) is 0. The molecule has 0 radical (unpaired) electrons. The third kappa shape index (κ3) is 3.33. The van der Waals surface area contributed by atoms with E-state index in [4.69, 9.17) is 16.3 Å². The first-order valence-corrected chi connectivity index (χ1v) is 9.54. The number of carboxylic acids is 1. The van der Waals surface area contributed by atoms with E-state index in [1.54, 1.807) is 0 Å². The van der Waals surface area contributed by atoms with Crippen molar-refractivity contribution in [2.24, 2.45) is 11.8 Å². The minimum absolute atomic E-state index is 0.0456. The van der Waals surface area contributed by atoms with Gasteiger partial charge in [-0.25, -0.2) is 0 Å². The summed E-state index contributed by atoms with van der Waals surface area (Å²) in [4.78, 5) is 28.7. The van der Waals surface area contributed by atoms with Crippen LogP contribution in [0.3, 0.4) is 0 Å². The summed E-state index contributed by atoms with van der Waals surface area (Å²) in [6.07, 6.45) is 1.03. The predicted octanol–water partition coefficient (Wildman–Crippen LogP) is 1.86. The number of rotatable bonds is 4. The molecular formula is C19H23ClN2O4. The van der Waals surface area contributed by atoms with E-state index >= 15 is 0 Å². The third-order valence-electron chi connectivity index (χ3n) is 5.85. The molecule has 26 heavy (non-hydrogen) atoms. The fourth-order valence-corrected chi connectivity index (χ4v) is 4.62. The fourth-order valence-electron chi connectivity index (χ4n) is 4.49. The Hall–Kier alpha value is -1.63. The summed E-state index contributed by atoms with van der Waals surface area (Å²) < 4.78 is 5.73. The first-order valence-electron chi connectivity index (χ1n) is 9.17. The molecule has 7 heteroatoms. The van der Waals surface area contributed by atoms with Crippen LogP contribution in [0.2, 0.25) is 5.02 Å². The zero-order valence-electron chi connectivity index (χ0n) is 14.5. The van der Waals surface area contributed by atoms with Gasteiger partial charge in [-0.2, -0.15) is 0 Å². The number of hydrogen-bond donors (Lipinski definition) is 1. The normalized spacial score (nSPS) is 31.3. The topological polar surface area (TPSA) is 70.1 Å². The van der Waals surface area contributed by atoms with Gasteiger partial charge in [0.1, 0.15) is 0 Å². The molecule has 140 valence electrons. The van der Waals surface area contributed by atoms with E-state index in [1.165, 1.54) is 5.56 Å².